The summed E-state index contributed by atoms with van der Waals surface area (Å²) in [5, 5.41) is 3.82. The molecular weight excluding hydrogens is 222 g/mol. The number of rotatable bonds is 3. The van der Waals surface area contributed by atoms with Gasteiger partial charge in [0.2, 0.25) is 0 Å². The van der Waals surface area contributed by atoms with E-state index in [-0.39, 0.29) is 0 Å². The average molecular weight is 251 g/mol. The molecule has 2 unspecified atom stereocenters. The molecule has 18 heavy (non-hydrogen) atoms. The summed E-state index contributed by atoms with van der Waals surface area (Å²) < 4.78 is 0. The second kappa shape index (κ2) is 5.48. The van der Waals surface area contributed by atoms with Gasteiger partial charge >= 0.3 is 0 Å². The molecule has 2 bridgehead atoms. The number of nitrogens with two attached hydrogens (primary N) is 1. The van der Waals surface area contributed by atoms with E-state index < -0.39 is 0 Å². The first kappa shape index (κ1) is 12.9. The molecule has 0 radical (unpaired) electrons. The molecule has 2 aliphatic heterocycles. The lowest BCUT2D eigenvalue weighted by atomic mass is 9.89. The van der Waals surface area contributed by atoms with Crippen molar-refractivity contribution < 1.29 is 0 Å². The minimum absolute atomic E-state index is 0.474. The first-order valence-corrected chi connectivity index (χ1v) is 7.93. The van der Waals surface area contributed by atoms with Crippen LogP contribution in [-0.4, -0.2) is 42.7 Å². The summed E-state index contributed by atoms with van der Waals surface area (Å²) in [5.74, 6) is 0.925. The highest BCUT2D eigenvalue weighted by atomic mass is 15.2. The lowest BCUT2D eigenvalue weighted by molar-refractivity contribution is 0.129. The molecule has 2 heterocycles. The maximum atomic E-state index is 5.96. The second-order valence-electron chi connectivity index (χ2n) is 6.91. The molecule has 0 aromatic carbocycles. The molecule has 0 amide bonds. The van der Waals surface area contributed by atoms with Gasteiger partial charge in [-0.15, -0.1) is 0 Å². The summed E-state index contributed by atoms with van der Waals surface area (Å²) in [7, 11) is 2.33. The second-order valence-corrected chi connectivity index (χ2v) is 6.91. The normalized spacial score (nSPS) is 45.3. The molecule has 1 saturated carbocycles. The monoisotopic (exact) mass is 251 g/mol. The molecule has 3 fully saturated rings. The number of nitrogens with zero attached hydrogens (tertiary/aromatic N) is 1. The Morgan fingerprint density at radius 2 is 1.61 bits per heavy atom. The molecular formula is C15H29N3. The molecule has 3 heteroatoms. The van der Waals surface area contributed by atoms with Crippen molar-refractivity contribution in [2.24, 2.45) is 11.7 Å². The van der Waals surface area contributed by atoms with Crippen LogP contribution in [0.25, 0.3) is 0 Å². The van der Waals surface area contributed by atoms with E-state index in [0.717, 1.165) is 24.0 Å². The summed E-state index contributed by atoms with van der Waals surface area (Å²) in [5.41, 5.74) is 5.96. The summed E-state index contributed by atoms with van der Waals surface area (Å²) in [6.07, 6.45) is 10.7. The molecule has 2 atom stereocenters. The van der Waals surface area contributed by atoms with Crippen molar-refractivity contribution >= 4 is 0 Å². The van der Waals surface area contributed by atoms with Crippen LogP contribution in [0.5, 0.6) is 0 Å². The zero-order valence-corrected chi connectivity index (χ0v) is 11.8. The first-order chi connectivity index (χ1) is 8.72. The zero-order chi connectivity index (χ0) is 12.5. The molecule has 3 rings (SSSR count). The van der Waals surface area contributed by atoms with Gasteiger partial charge in [-0.2, -0.15) is 0 Å². The van der Waals surface area contributed by atoms with Crippen LogP contribution in [-0.2, 0) is 0 Å². The Morgan fingerprint density at radius 3 is 2.22 bits per heavy atom. The quantitative estimate of drug-likeness (QED) is 0.802. The Bertz CT molecular complexity index is 259. The molecule has 2 saturated heterocycles. The Balaban J connectivity index is 1.42. The minimum atomic E-state index is 0.474. The van der Waals surface area contributed by atoms with Crippen molar-refractivity contribution in [3.05, 3.63) is 0 Å². The highest BCUT2D eigenvalue weighted by molar-refractivity contribution is 4.94. The van der Waals surface area contributed by atoms with E-state index in [1.807, 2.05) is 0 Å². The first-order valence-electron chi connectivity index (χ1n) is 7.93. The number of hydrogen-bond acceptors (Lipinski definition) is 3. The highest BCUT2D eigenvalue weighted by Gasteiger charge is 2.38. The number of hydrogen-bond donors (Lipinski definition) is 2. The largest absolute Gasteiger partial charge is 0.328 e. The van der Waals surface area contributed by atoms with Crippen molar-refractivity contribution in [2.45, 2.75) is 75.5 Å². The van der Waals surface area contributed by atoms with Crippen molar-refractivity contribution in [2.75, 3.05) is 13.6 Å². The van der Waals surface area contributed by atoms with Crippen LogP contribution < -0.4 is 11.1 Å². The SMILES string of the molecule is CN1C2CCC1CC(CNC1CCC(N)CC1)C2. The molecule has 3 N–H and O–H groups in total. The van der Waals surface area contributed by atoms with Crippen LogP contribution in [0.1, 0.15) is 51.4 Å². The standard InChI is InChI=1S/C15H29N3/c1-18-14-6-7-15(18)9-11(8-14)10-17-13-4-2-12(16)3-5-13/h11-15,17H,2-10,16H2,1H3. The minimum Gasteiger partial charge on any atom is -0.328 e. The number of fused-ring (bicyclic) bond motifs is 2. The number of nitrogens with one attached hydrogen (secondary N) is 1. The number of piperidine rings is 1. The van der Waals surface area contributed by atoms with E-state index >= 15 is 0 Å². The third kappa shape index (κ3) is 2.73. The third-order valence-electron chi connectivity index (χ3n) is 5.66. The van der Waals surface area contributed by atoms with E-state index in [2.05, 4.69) is 17.3 Å². The Kier molecular flexibility index (Phi) is 3.92. The lowest BCUT2D eigenvalue weighted by Gasteiger charge is -2.37. The summed E-state index contributed by atoms with van der Waals surface area (Å²) in [6, 6.07) is 3.00. The topological polar surface area (TPSA) is 41.3 Å². The van der Waals surface area contributed by atoms with E-state index in [1.54, 1.807) is 0 Å². The average Bonchev–Trinajstić information content (AvgIpc) is 2.62. The lowest BCUT2D eigenvalue weighted by Crippen LogP contribution is -2.45. The van der Waals surface area contributed by atoms with Crippen LogP contribution in [0.4, 0.5) is 0 Å². The fraction of sp³-hybridized carbons (Fsp3) is 1.00. The predicted octanol–water partition coefficient (Wildman–Crippen LogP) is 1.72. The smallest absolute Gasteiger partial charge is 0.00988 e. The van der Waals surface area contributed by atoms with Crippen LogP contribution in [0.2, 0.25) is 0 Å². The molecule has 104 valence electrons. The van der Waals surface area contributed by atoms with Crippen LogP contribution in [0.3, 0.4) is 0 Å². The van der Waals surface area contributed by atoms with Gasteiger partial charge in [-0.25, -0.2) is 0 Å². The van der Waals surface area contributed by atoms with Gasteiger partial charge in [0, 0.05) is 24.2 Å². The van der Waals surface area contributed by atoms with E-state index in [9.17, 15) is 0 Å². The molecule has 3 aliphatic rings. The van der Waals surface area contributed by atoms with Gasteiger partial charge in [-0.05, 0) is 70.9 Å². The fourth-order valence-corrected chi connectivity index (χ4v) is 4.35. The summed E-state index contributed by atoms with van der Waals surface area (Å²) in [6.45, 7) is 1.25. The summed E-state index contributed by atoms with van der Waals surface area (Å²) in [4.78, 5) is 2.64. The van der Waals surface area contributed by atoms with Crippen LogP contribution >= 0.6 is 0 Å². The van der Waals surface area contributed by atoms with Gasteiger partial charge in [-0.1, -0.05) is 0 Å². The van der Waals surface area contributed by atoms with Crippen LogP contribution in [0.15, 0.2) is 0 Å². The van der Waals surface area contributed by atoms with Gasteiger partial charge in [0.05, 0.1) is 0 Å². The van der Waals surface area contributed by atoms with Crippen molar-refractivity contribution in [3.63, 3.8) is 0 Å². The Hall–Kier alpha value is -0.120. The highest BCUT2D eigenvalue weighted by Crippen LogP contribution is 2.37. The van der Waals surface area contributed by atoms with Gasteiger partial charge < -0.3 is 16.0 Å². The van der Waals surface area contributed by atoms with Crippen molar-refractivity contribution in [3.8, 4) is 0 Å². The van der Waals surface area contributed by atoms with Gasteiger partial charge in [-0.3, -0.25) is 0 Å². The van der Waals surface area contributed by atoms with Crippen molar-refractivity contribution in [1.29, 1.82) is 0 Å². The molecule has 1 aliphatic carbocycles. The zero-order valence-electron chi connectivity index (χ0n) is 11.8. The van der Waals surface area contributed by atoms with E-state index in [4.69, 9.17) is 5.73 Å². The Labute approximate surface area is 111 Å². The predicted molar refractivity (Wildman–Crippen MR) is 75.5 cm³/mol. The summed E-state index contributed by atoms with van der Waals surface area (Å²) >= 11 is 0. The van der Waals surface area contributed by atoms with Crippen LogP contribution in [0, 0.1) is 5.92 Å². The maximum absolute atomic E-state index is 5.96. The molecule has 3 nitrogen and oxygen atoms in total. The van der Waals surface area contributed by atoms with Gasteiger partial charge in [0.25, 0.3) is 0 Å². The third-order valence-corrected chi connectivity index (χ3v) is 5.66. The fourth-order valence-electron chi connectivity index (χ4n) is 4.35. The van der Waals surface area contributed by atoms with Gasteiger partial charge in [0.1, 0.15) is 0 Å². The molecule has 0 aromatic heterocycles. The van der Waals surface area contributed by atoms with Crippen molar-refractivity contribution in [1.82, 2.24) is 10.2 Å². The van der Waals surface area contributed by atoms with Gasteiger partial charge in [0.15, 0.2) is 0 Å². The van der Waals surface area contributed by atoms with E-state index in [0.29, 0.717) is 6.04 Å². The Morgan fingerprint density at radius 1 is 1.00 bits per heavy atom. The van der Waals surface area contributed by atoms with E-state index in [1.165, 1.54) is 57.9 Å². The molecule has 0 spiro atoms. The maximum Gasteiger partial charge on any atom is 0.00988 e. The molecule has 0 aromatic rings.